The van der Waals surface area contributed by atoms with Crippen LogP contribution in [-0.4, -0.2) is 102 Å². The molecule has 8 rings (SSSR count). The van der Waals surface area contributed by atoms with Gasteiger partial charge in [0, 0.05) is 91.2 Å². The number of hydrogen-bond donors (Lipinski definition) is 3. The second kappa shape index (κ2) is 19.1. The lowest BCUT2D eigenvalue weighted by Gasteiger charge is -2.37. The van der Waals surface area contributed by atoms with E-state index in [0.717, 1.165) is 60.5 Å². The van der Waals surface area contributed by atoms with Crippen molar-refractivity contribution in [1.29, 1.82) is 0 Å². The predicted octanol–water partition coefficient (Wildman–Crippen LogP) is 7.96. The number of hydrogen-bond acceptors (Lipinski definition) is 12. The van der Waals surface area contributed by atoms with Gasteiger partial charge < -0.3 is 20.2 Å². The van der Waals surface area contributed by atoms with E-state index in [-0.39, 0.29) is 28.1 Å². The Balaban J connectivity index is 0.934. The van der Waals surface area contributed by atoms with E-state index in [9.17, 15) is 28.4 Å². The molecule has 0 bridgehead atoms. The molecule has 6 aromatic rings. The van der Waals surface area contributed by atoms with E-state index in [4.69, 9.17) is 11.6 Å². The number of fused-ring (bicyclic) bond motifs is 1. The minimum atomic E-state index is -4.32. The number of likely N-dealkylation sites (tertiary alicyclic amines) is 1. The number of halogens is 1. The lowest BCUT2D eigenvalue weighted by atomic mass is 9.99. The topological polar surface area (TPSA) is 174 Å². The number of carboxylic acid groups (broad SMARTS) is 1. The van der Waals surface area contributed by atoms with Crippen molar-refractivity contribution in [2.45, 2.75) is 28.8 Å². The molecule has 5 aromatic carbocycles. The fourth-order valence-corrected chi connectivity index (χ4v) is 10.1. The lowest BCUT2D eigenvalue weighted by Crippen LogP contribution is -2.51. The molecule has 0 unspecified atom stereocenters. The number of anilines is 3. The zero-order valence-corrected chi connectivity index (χ0v) is 36.0. The highest BCUT2D eigenvalue weighted by atomic mass is 35.5. The van der Waals surface area contributed by atoms with Gasteiger partial charge in [0.15, 0.2) is 5.82 Å². The summed E-state index contributed by atoms with van der Waals surface area (Å²) in [5.41, 5.74) is 4.78. The van der Waals surface area contributed by atoms with Crippen molar-refractivity contribution < 1.29 is 23.2 Å². The van der Waals surface area contributed by atoms with Crippen LogP contribution in [0.15, 0.2) is 131 Å². The summed E-state index contributed by atoms with van der Waals surface area (Å²) in [7, 11) is -4.32. The maximum absolute atomic E-state index is 13.8. The number of rotatable bonds is 17. The van der Waals surface area contributed by atoms with Crippen LogP contribution in [0.1, 0.15) is 12.0 Å². The van der Waals surface area contributed by atoms with Gasteiger partial charge in [0.1, 0.15) is 12.0 Å². The second-order valence-electron chi connectivity index (χ2n) is 15.4. The number of nitro benzene ring substituents is 1. The molecule has 1 aromatic heterocycles. The number of aliphatic carboxylic acids is 1. The SMILES string of the molecule is O=C(O)C1CN(CC[C@H](CSc2ccccc2)Nc2ccc(S(=O)(=O)Nc3ncnc4cc(N5CCN(Cc6cc(Cl)ccc6-c6ccccc6)CC5)ccc34)cc2[N+](=O)[O-])C1. The Morgan fingerprint density at radius 3 is 2.37 bits per heavy atom. The van der Waals surface area contributed by atoms with Gasteiger partial charge >= 0.3 is 5.97 Å². The van der Waals surface area contributed by atoms with E-state index in [1.54, 1.807) is 17.8 Å². The van der Waals surface area contributed by atoms with Gasteiger partial charge in [0.05, 0.1) is 21.3 Å². The fraction of sp³-hybridized carbons (Fsp3) is 0.267. The maximum Gasteiger partial charge on any atom is 0.309 e. The summed E-state index contributed by atoms with van der Waals surface area (Å²) in [6.45, 7) is 5.49. The Labute approximate surface area is 369 Å². The smallest absolute Gasteiger partial charge is 0.309 e. The third-order valence-corrected chi connectivity index (χ3v) is 14.0. The van der Waals surface area contributed by atoms with Crippen molar-refractivity contribution in [1.82, 2.24) is 19.8 Å². The molecule has 0 amide bonds. The predicted molar refractivity (Wildman–Crippen MR) is 245 cm³/mol. The normalized spacial score (nSPS) is 15.5. The van der Waals surface area contributed by atoms with Crippen molar-refractivity contribution in [3.05, 3.63) is 142 Å². The van der Waals surface area contributed by atoms with Crippen molar-refractivity contribution in [2.24, 2.45) is 5.92 Å². The average molecular weight is 893 g/mol. The van der Waals surface area contributed by atoms with Gasteiger partial charge in [0.2, 0.25) is 0 Å². The van der Waals surface area contributed by atoms with Gasteiger partial charge in [0.25, 0.3) is 15.7 Å². The summed E-state index contributed by atoms with van der Waals surface area (Å²) in [4.78, 5) is 39.3. The molecule has 2 fully saturated rings. The molecule has 2 saturated heterocycles. The van der Waals surface area contributed by atoms with Crippen molar-refractivity contribution in [3.8, 4) is 11.1 Å². The third-order valence-electron chi connectivity index (χ3n) is 11.3. The molecule has 3 N–H and O–H groups in total. The Morgan fingerprint density at radius 2 is 1.65 bits per heavy atom. The molecule has 62 heavy (non-hydrogen) atoms. The molecule has 0 saturated carbocycles. The van der Waals surface area contributed by atoms with Crippen LogP contribution in [0.3, 0.4) is 0 Å². The standard InChI is InChI=1S/C45H45ClN8O6S2/c46-34-11-14-39(31-7-3-1-4-8-31)32(23-34)26-51-19-21-53(22-20-51)36-12-15-40-42(24-36)47-30-48-44(40)50-62(59,60)38-13-16-41(43(25-38)54(57)58)49-35(29-61-37-9-5-2-6-10-37)17-18-52-27-33(28-52)45(55)56/h1-16,23-25,30,33,35,49H,17-22,26-29H2,(H,55,56)(H,47,48,50)/t35-/m1/s1. The number of nitrogens with zero attached hydrogens (tertiary/aromatic N) is 6. The first-order chi connectivity index (χ1) is 30.0. The van der Waals surface area contributed by atoms with Crippen LogP contribution >= 0.6 is 23.4 Å². The third kappa shape index (κ3) is 10.3. The Bertz CT molecular complexity index is 2670. The van der Waals surface area contributed by atoms with E-state index < -0.39 is 26.8 Å². The molecule has 1 atom stereocenters. The van der Waals surface area contributed by atoms with Gasteiger partial charge in [-0.2, -0.15) is 0 Å². The first-order valence-electron chi connectivity index (χ1n) is 20.3. The molecule has 0 radical (unpaired) electrons. The van der Waals surface area contributed by atoms with Crippen LogP contribution in [0, 0.1) is 16.0 Å². The quantitative estimate of drug-likeness (QED) is 0.0458. The van der Waals surface area contributed by atoms with Crippen LogP contribution in [-0.2, 0) is 21.4 Å². The van der Waals surface area contributed by atoms with Crippen LogP contribution in [0.5, 0.6) is 0 Å². The Kier molecular flexibility index (Phi) is 13.2. The number of sulfonamides is 1. The zero-order chi connectivity index (χ0) is 43.2. The van der Waals surface area contributed by atoms with Gasteiger partial charge in [-0.3, -0.25) is 24.5 Å². The number of thioether (sulfide) groups is 1. The van der Waals surface area contributed by atoms with Gasteiger partial charge in [-0.1, -0.05) is 66.2 Å². The number of carbonyl (C=O) groups is 1. The van der Waals surface area contributed by atoms with Crippen LogP contribution in [0.4, 0.5) is 22.9 Å². The largest absolute Gasteiger partial charge is 0.481 e. The monoisotopic (exact) mass is 892 g/mol. The number of piperazine rings is 1. The molecule has 0 spiro atoms. The molecule has 0 aliphatic carbocycles. The summed E-state index contributed by atoms with van der Waals surface area (Å²) in [6.07, 6.45) is 1.88. The number of benzene rings is 5. The average Bonchev–Trinajstić information content (AvgIpc) is 3.25. The van der Waals surface area contributed by atoms with E-state index in [0.29, 0.717) is 47.7 Å². The first kappa shape index (κ1) is 42.9. The van der Waals surface area contributed by atoms with E-state index in [2.05, 4.69) is 48.0 Å². The summed E-state index contributed by atoms with van der Waals surface area (Å²) < 4.78 is 30.2. The zero-order valence-electron chi connectivity index (χ0n) is 33.6. The second-order valence-corrected chi connectivity index (χ2v) is 18.7. The minimum absolute atomic E-state index is 0.0566. The van der Waals surface area contributed by atoms with E-state index in [1.807, 2.05) is 77.7 Å². The van der Waals surface area contributed by atoms with Crippen molar-refractivity contribution in [2.75, 3.05) is 66.5 Å². The highest BCUT2D eigenvalue weighted by Crippen LogP contribution is 2.33. The summed E-state index contributed by atoms with van der Waals surface area (Å²) in [5, 5.41) is 26.2. The lowest BCUT2D eigenvalue weighted by molar-refractivity contribution is -0.384. The Hall–Kier alpha value is -5.78. The fourth-order valence-electron chi connectivity index (χ4n) is 7.84. The Morgan fingerprint density at radius 1 is 0.903 bits per heavy atom. The number of carboxylic acids is 1. The first-order valence-corrected chi connectivity index (χ1v) is 23.1. The van der Waals surface area contributed by atoms with Crippen LogP contribution in [0.2, 0.25) is 5.02 Å². The van der Waals surface area contributed by atoms with E-state index >= 15 is 0 Å². The van der Waals surface area contributed by atoms with Crippen molar-refractivity contribution in [3.63, 3.8) is 0 Å². The summed E-state index contributed by atoms with van der Waals surface area (Å²) in [5.74, 6) is -0.586. The molecule has 320 valence electrons. The van der Waals surface area contributed by atoms with Crippen LogP contribution in [0.25, 0.3) is 22.0 Å². The number of nitro groups is 1. The number of nitrogens with one attached hydrogen (secondary N) is 2. The van der Waals surface area contributed by atoms with Crippen LogP contribution < -0.4 is 14.9 Å². The summed E-state index contributed by atoms with van der Waals surface area (Å²) in [6, 6.07) is 35.3. The molecule has 2 aliphatic rings. The van der Waals surface area contributed by atoms with Crippen molar-refractivity contribution >= 4 is 73.1 Å². The van der Waals surface area contributed by atoms with Gasteiger partial charge in [-0.25, -0.2) is 18.4 Å². The molecule has 3 heterocycles. The molecular formula is C45H45ClN8O6S2. The molecule has 14 nitrogen and oxygen atoms in total. The minimum Gasteiger partial charge on any atom is -0.481 e. The maximum atomic E-state index is 13.8. The highest BCUT2D eigenvalue weighted by molar-refractivity contribution is 7.99. The summed E-state index contributed by atoms with van der Waals surface area (Å²) >= 11 is 8.02. The highest BCUT2D eigenvalue weighted by Gasteiger charge is 2.33. The number of aromatic nitrogens is 2. The van der Waals surface area contributed by atoms with E-state index in [1.165, 1.54) is 24.0 Å². The van der Waals surface area contributed by atoms with Gasteiger partial charge in [-0.15, -0.1) is 11.8 Å². The van der Waals surface area contributed by atoms with Gasteiger partial charge in [-0.05, 0) is 77.7 Å². The molecule has 2 aliphatic heterocycles. The molecule has 17 heteroatoms. The molecular weight excluding hydrogens is 848 g/mol.